The molecule has 1 aliphatic rings. The van der Waals surface area contributed by atoms with Gasteiger partial charge < -0.3 is 9.84 Å². The molecule has 1 heterocycles. The van der Waals surface area contributed by atoms with Crippen LogP contribution in [0.1, 0.15) is 6.92 Å². The minimum absolute atomic E-state index is 0.157. The van der Waals surface area contributed by atoms with E-state index in [1.165, 1.54) is 0 Å². The Hall–Kier alpha value is -0.590. The lowest BCUT2D eigenvalue weighted by Gasteiger charge is -2.36. The molecule has 2 atom stereocenters. The second kappa shape index (κ2) is 1.44. The summed E-state index contributed by atoms with van der Waals surface area (Å²) in [4.78, 5) is 0. The summed E-state index contributed by atoms with van der Waals surface area (Å²) in [5.41, 5.74) is -1.19. The zero-order valence-corrected chi connectivity index (χ0v) is 4.59. The molecule has 1 N–H and O–H groups in total. The zero-order chi connectivity index (χ0) is 6.20. The van der Waals surface area contributed by atoms with E-state index in [1.54, 1.807) is 13.0 Å². The number of aliphatic hydroxyl groups is 1. The molecule has 0 aromatic carbocycles. The van der Waals surface area contributed by atoms with Crippen LogP contribution in [0.5, 0.6) is 0 Å². The van der Waals surface area contributed by atoms with E-state index in [2.05, 4.69) is 0 Å². The Morgan fingerprint density at radius 2 is 2.62 bits per heavy atom. The van der Waals surface area contributed by atoms with Crippen molar-refractivity contribution < 1.29 is 9.84 Å². The molecule has 1 rings (SSSR count). The van der Waals surface area contributed by atoms with Crippen LogP contribution in [0, 0.1) is 11.3 Å². The van der Waals surface area contributed by atoms with Gasteiger partial charge in [0, 0.05) is 0 Å². The van der Waals surface area contributed by atoms with E-state index < -0.39 is 5.60 Å². The number of nitriles is 1. The smallest absolute Gasteiger partial charge is 0.200 e. The van der Waals surface area contributed by atoms with Crippen molar-refractivity contribution in [2.75, 3.05) is 6.61 Å². The van der Waals surface area contributed by atoms with E-state index in [9.17, 15) is 0 Å². The number of rotatable bonds is 0. The maximum atomic E-state index is 9.00. The average molecular weight is 113 g/mol. The van der Waals surface area contributed by atoms with Crippen LogP contribution in [0.25, 0.3) is 0 Å². The molecule has 0 amide bonds. The van der Waals surface area contributed by atoms with Gasteiger partial charge in [0.2, 0.25) is 5.60 Å². The van der Waals surface area contributed by atoms with Crippen LogP contribution in [0.4, 0.5) is 0 Å². The molecule has 44 valence electrons. The van der Waals surface area contributed by atoms with Gasteiger partial charge in [-0.3, -0.25) is 0 Å². The summed E-state index contributed by atoms with van der Waals surface area (Å²) in [6, 6.07) is 1.76. The molecule has 0 aromatic heterocycles. The van der Waals surface area contributed by atoms with Crippen LogP contribution in [0.15, 0.2) is 0 Å². The minimum Gasteiger partial charge on any atom is -0.371 e. The van der Waals surface area contributed by atoms with Crippen LogP contribution in [-0.2, 0) is 4.74 Å². The summed E-state index contributed by atoms with van der Waals surface area (Å²) in [5.74, 6) is 0. The van der Waals surface area contributed by atoms with Crippen molar-refractivity contribution in [3.05, 3.63) is 0 Å². The van der Waals surface area contributed by atoms with Crippen LogP contribution < -0.4 is 0 Å². The maximum Gasteiger partial charge on any atom is 0.200 e. The Labute approximate surface area is 47.5 Å². The third-order valence-corrected chi connectivity index (χ3v) is 1.42. The van der Waals surface area contributed by atoms with Gasteiger partial charge in [0.1, 0.15) is 6.07 Å². The number of nitrogens with zero attached hydrogens (tertiary/aromatic N) is 1. The van der Waals surface area contributed by atoms with Crippen LogP contribution in [0.2, 0.25) is 0 Å². The van der Waals surface area contributed by atoms with Gasteiger partial charge in [0.25, 0.3) is 0 Å². The highest BCUT2D eigenvalue weighted by atomic mass is 16.6. The van der Waals surface area contributed by atoms with Gasteiger partial charge in [-0.25, -0.2) is 0 Å². The van der Waals surface area contributed by atoms with Crippen LogP contribution in [0.3, 0.4) is 0 Å². The van der Waals surface area contributed by atoms with Crippen molar-refractivity contribution in [3.8, 4) is 6.07 Å². The summed E-state index contributed by atoms with van der Waals surface area (Å²) in [5, 5.41) is 17.2. The zero-order valence-electron chi connectivity index (χ0n) is 4.59. The van der Waals surface area contributed by atoms with E-state index >= 15 is 0 Å². The fraction of sp³-hybridized carbons (Fsp3) is 0.800. The first kappa shape index (κ1) is 5.54. The fourth-order valence-corrected chi connectivity index (χ4v) is 0.531. The number of ether oxygens (including phenoxy) is 1. The fourth-order valence-electron chi connectivity index (χ4n) is 0.531. The summed E-state index contributed by atoms with van der Waals surface area (Å²) in [6.45, 7) is 1.83. The van der Waals surface area contributed by atoms with Crippen molar-refractivity contribution in [1.29, 1.82) is 5.26 Å². The number of hydrogen-bond acceptors (Lipinski definition) is 3. The quantitative estimate of drug-likeness (QED) is 0.437. The molecular formula is C5H7NO2. The Balaban J connectivity index is 2.59. The van der Waals surface area contributed by atoms with Crippen molar-refractivity contribution in [2.24, 2.45) is 0 Å². The first-order valence-electron chi connectivity index (χ1n) is 2.44. The van der Waals surface area contributed by atoms with Crippen LogP contribution >= 0.6 is 0 Å². The molecule has 1 aliphatic heterocycles. The maximum absolute atomic E-state index is 9.00. The summed E-state index contributed by atoms with van der Waals surface area (Å²) < 4.78 is 4.76. The molecule has 1 saturated heterocycles. The molecular weight excluding hydrogens is 106 g/mol. The molecule has 0 saturated carbocycles. The van der Waals surface area contributed by atoms with E-state index in [1.807, 2.05) is 0 Å². The summed E-state index contributed by atoms with van der Waals surface area (Å²) in [7, 11) is 0. The van der Waals surface area contributed by atoms with E-state index in [0.717, 1.165) is 0 Å². The lowest BCUT2D eigenvalue weighted by Crippen LogP contribution is -2.55. The van der Waals surface area contributed by atoms with Gasteiger partial charge in [0.05, 0.1) is 12.7 Å². The lowest BCUT2D eigenvalue weighted by atomic mass is 9.96. The van der Waals surface area contributed by atoms with E-state index in [0.29, 0.717) is 0 Å². The third kappa shape index (κ3) is 0.507. The van der Waals surface area contributed by atoms with Crippen molar-refractivity contribution in [2.45, 2.75) is 18.6 Å². The predicted octanol–water partition coefficient (Wildman–Crippen LogP) is -0.340. The molecule has 8 heavy (non-hydrogen) atoms. The first-order valence-corrected chi connectivity index (χ1v) is 2.44. The molecule has 3 nitrogen and oxygen atoms in total. The van der Waals surface area contributed by atoms with Crippen molar-refractivity contribution in [3.63, 3.8) is 0 Å². The monoisotopic (exact) mass is 113 g/mol. The van der Waals surface area contributed by atoms with Crippen LogP contribution in [-0.4, -0.2) is 23.4 Å². The first-order chi connectivity index (χ1) is 3.69. The van der Waals surface area contributed by atoms with Gasteiger partial charge >= 0.3 is 0 Å². The second-order valence-electron chi connectivity index (χ2n) is 1.99. The van der Waals surface area contributed by atoms with Gasteiger partial charge in [-0.15, -0.1) is 0 Å². The van der Waals surface area contributed by atoms with Gasteiger partial charge in [-0.1, -0.05) is 0 Å². The van der Waals surface area contributed by atoms with Gasteiger partial charge in [-0.05, 0) is 6.92 Å². The predicted molar refractivity (Wildman–Crippen MR) is 26.0 cm³/mol. The Kier molecular flexibility index (Phi) is 0.999. The van der Waals surface area contributed by atoms with E-state index in [-0.39, 0.29) is 12.7 Å². The highest BCUT2D eigenvalue weighted by Gasteiger charge is 2.44. The molecule has 2 unspecified atom stereocenters. The molecule has 3 heteroatoms. The second-order valence-corrected chi connectivity index (χ2v) is 1.99. The molecule has 0 bridgehead atoms. The van der Waals surface area contributed by atoms with Crippen molar-refractivity contribution >= 4 is 0 Å². The highest BCUT2D eigenvalue weighted by Crippen LogP contribution is 2.23. The number of hydrogen-bond donors (Lipinski definition) is 1. The van der Waals surface area contributed by atoms with E-state index in [4.69, 9.17) is 15.1 Å². The topological polar surface area (TPSA) is 53.2 Å². The largest absolute Gasteiger partial charge is 0.371 e. The lowest BCUT2D eigenvalue weighted by molar-refractivity contribution is -0.196. The van der Waals surface area contributed by atoms with Crippen molar-refractivity contribution in [1.82, 2.24) is 0 Å². The summed E-state index contributed by atoms with van der Waals surface area (Å²) in [6.07, 6.45) is -0.313. The Morgan fingerprint density at radius 1 is 2.00 bits per heavy atom. The van der Waals surface area contributed by atoms with Gasteiger partial charge in [-0.2, -0.15) is 5.26 Å². The molecule has 0 aromatic rings. The Bertz CT molecular complexity index is 140. The Morgan fingerprint density at radius 3 is 2.62 bits per heavy atom. The normalized spacial score (nSPS) is 44.9. The highest BCUT2D eigenvalue weighted by molar-refractivity contribution is 5.09. The third-order valence-electron chi connectivity index (χ3n) is 1.42. The van der Waals surface area contributed by atoms with Gasteiger partial charge in [0.15, 0.2) is 0 Å². The molecule has 0 radical (unpaired) electrons. The summed E-state index contributed by atoms with van der Waals surface area (Å²) >= 11 is 0. The molecule has 1 fully saturated rings. The standard InChI is InChI=1S/C5H7NO2/c1-4-5(7,2-6)3-8-4/h4,7H,3H2,1H3. The minimum atomic E-state index is -1.19. The molecule has 0 spiro atoms. The average Bonchev–Trinajstić information content (AvgIpc) is 1.83. The SMILES string of the molecule is CC1OCC1(O)C#N. The molecule has 0 aliphatic carbocycles.